The molecule has 0 aromatic heterocycles. The van der Waals surface area contributed by atoms with Crippen LogP contribution in [0, 0.1) is 5.41 Å². The standard InChI is InChI=1S/C15H35N3/c1-9-16-14(4)15(5,6)12-18(10-2)13(3)11-17(7)8/h13-14,16H,9-12H2,1-8H3. The second kappa shape index (κ2) is 8.13. The van der Waals surface area contributed by atoms with Crippen molar-refractivity contribution >= 4 is 0 Å². The van der Waals surface area contributed by atoms with E-state index in [0.717, 1.165) is 26.2 Å². The average Bonchev–Trinajstić information content (AvgIpc) is 2.25. The predicted molar refractivity (Wildman–Crippen MR) is 82.2 cm³/mol. The Morgan fingerprint density at radius 1 is 1.11 bits per heavy atom. The largest absolute Gasteiger partial charge is 0.314 e. The predicted octanol–water partition coefficient (Wildman–Crippen LogP) is 2.28. The number of rotatable bonds is 9. The van der Waals surface area contributed by atoms with Crippen LogP contribution in [0.4, 0.5) is 0 Å². The molecule has 110 valence electrons. The van der Waals surface area contributed by atoms with Crippen molar-refractivity contribution in [1.82, 2.24) is 15.1 Å². The summed E-state index contributed by atoms with van der Waals surface area (Å²) in [6.07, 6.45) is 0. The van der Waals surface area contributed by atoms with E-state index in [1.54, 1.807) is 0 Å². The summed E-state index contributed by atoms with van der Waals surface area (Å²) in [6.45, 7) is 18.2. The first-order chi connectivity index (χ1) is 8.24. The van der Waals surface area contributed by atoms with Crippen molar-refractivity contribution in [3.8, 4) is 0 Å². The molecule has 0 rings (SSSR count). The molecule has 0 amide bonds. The maximum absolute atomic E-state index is 3.56. The lowest BCUT2D eigenvalue weighted by Gasteiger charge is -2.40. The number of nitrogens with zero attached hydrogens (tertiary/aromatic N) is 2. The summed E-state index contributed by atoms with van der Waals surface area (Å²) >= 11 is 0. The summed E-state index contributed by atoms with van der Waals surface area (Å²) in [4.78, 5) is 4.86. The molecule has 3 nitrogen and oxygen atoms in total. The number of hydrogen-bond acceptors (Lipinski definition) is 3. The summed E-state index contributed by atoms with van der Waals surface area (Å²) < 4.78 is 0. The molecule has 0 spiro atoms. The molecule has 0 aliphatic carbocycles. The zero-order valence-corrected chi connectivity index (χ0v) is 13.9. The van der Waals surface area contributed by atoms with E-state index >= 15 is 0 Å². The molecule has 1 N–H and O–H groups in total. The van der Waals surface area contributed by atoms with Crippen LogP contribution in [0.2, 0.25) is 0 Å². The van der Waals surface area contributed by atoms with Crippen molar-refractivity contribution in [2.75, 3.05) is 40.3 Å². The molecule has 0 aromatic rings. The first-order valence-electron chi connectivity index (χ1n) is 7.36. The summed E-state index contributed by atoms with van der Waals surface area (Å²) in [7, 11) is 4.30. The van der Waals surface area contributed by atoms with Crippen LogP contribution in [0.3, 0.4) is 0 Å². The Hall–Kier alpha value is -0.120. The van der Waals surface area contributed by atoms with Crippen LogP contribution in [0.15, 0.2) is 0 Å². The van der Waals surface area contributed by atoms with Crippen LogP contribution in [0.5, 0.6) is 0 Å². The molecule has 0 aliphatic heterocycles. The average molecular weight is 257 g/mol. The normalized spacial score (nSPS) is 16.3. The highest BCUT2D eigenvalue weighted by Crippen LogP contribution is 2.23. The SMILES string of the molecule is CCNC(C)C(C)(C)CN(CC)C(C)CN(C)C. The van der Waals surface area contributed by atoms with Gasteiger partial charge >= 0.3 is 0 Å². The summed E-state index contributed by atoms with van der Waals surface area (Å²) in [5.74, 6) is 0. The molecule has 0 heterocycles. The Labute approximate surface area is 115 Å². The molecule has 0 aliphatic rings. The smallest absolute Gasteiger partial charge is 0.0194 e. The molecule has 0 saturated heterocycles. The van der Waals surface area contributed by atoms with Crippen molar-refractivity contribution in [2.45, 2.75) is 53.6 Å². The molecular formula is C15H35N3. The number of likely N-dealkylation sites (N-methyl/N-ethyl adjacent to an activating group) is 2. The van der Waals surface area contributed by atoms with E-state index in [1.807, 2.05) is 0 Å². The van der Waals surface area contributed by atoms with Gasteiger partial charge < -0.3 is 10.2 Å². The Kier molecular flexibility index (Phi) is 8.08. The van der Waals surface area contributed by atoms with E-state index in [-0.39, 0.29) is 0 Å². The van der Waals surface area contributed by atoms with E-state index in [2.05, 4.69) is 70.8 Å². The van der Waals surface area contributed by atoms with Gasteiger partial charge in [-0.15, -0.1) is 0 Å². The molecule has 0 saturated carbocycles. The molecule has 0 fully saturated rings. The van der Waals surface area contributed by atoms with E-state index in [9.17, 15) is 0 Å². The Morgan fingerprint density at radius 2 is 1.67 bits per heavy atom. The minimum atomic E-state index is 0.298. The first kappa shape index (κ1) is 17.9. The maximum Gasteiger partial charge on any atom is 0.0194 e. The topological polar surface area (TPSA) is 18.5 Å². The van der Waals surface area contributed by atoms with E-state index in [1.165, 1.54) is 0 Å². The van der Waals surface area contributed by atoms with Crippen molar-refractivity contribution in [3.05, 3.63) is 0 Å². The minimum absolute atomic E-state index is 0.298. The van der Waals surface area contributed by atoms with Gasteiger partial charge in [0.1, 0.15) is 0 Å². The van der Waals surface area contributed by atoms with E-state index in [4.69, 9.17) is 0 Å². The van der Waals surface area contributed by atoms with Gasteiger partial charge in [0.25, 0.3) is 0 Å². The highest BCUT2D eigenvalue weighted by atomic mass is 15.2. The Morgan fingerprint density at radius 3 is 2.06 bits per heavy atom. The minimum Gasteiger partial charge on any atom is -0.314 e. The van der Waals surface area contributed by atoms with Gasteiger partial charge in [-0.1, -0.05) is 27.7 Å². The third-order valence-electron chi connectivity index (χ3n) is 3.95. The summed E-state index contributed by atoms with van der Waals surface area (Å²) in [5, 5.41) is 3.56. The Bertz CT molecular complexity index is 214. The fraction of sp³-hybridized carbons (Fsp3) is 1.00. The van der Waals surface area contributed by atoms with Gasteiger partial charge in [-0.25, -0.2) is 0 Å². The van der Waals surface area contributed by atoms with E-state index < -0.39 is 0 Å². The number of nitrogens with one attached hydrogen (secondary N) is 1. The van der Waals surface area contributed by atoms with Gasteiger partial charge in [-0.3, -0.25) is 4.90 Å². The van der Waals surface area contributed by atoms with Crippen LogP contribution in [-0.4, -0.2) is 62.2 Å². The van der Waals surface area contributed by atoms with Gasteiger partial charge in [0.2, 0.25) is 0 Å². The van der Waals surface area contributed by atoms with Crippen molar-refractivity contribution in [1.29, 1.82) is 0 Å². The second-order valence-electron chi connectivity index (χ2n) is 6.44. The van der Waals surface area contributed by atoms with Gasteiger partial charge in [-0.2, -0.15) is 0 Å². The zero-order chi connectivity index (χ0) is 14.3. The van der Waals surface area contributed by atoms with Crippen LogP contribution < -0.4 is 5.32 Å². The molecule has 0 radical (unpaired) electrons. The monoisotopic (exact) mass is 257 g/mol. The molecule has 0 bridgehead atoms. The van der Waals surface area contributed by atoms with Gasteiger partial charge in [0.05, 0.1) is 0 Å². The highest BCUT2D eigenvalue weighted by molar-refractivity contribution is 4.85. The molecule has 18 heavy (non-hydrogen) atoms. The second-order valence-corrected chi connectivity index (χ2v) is 6.44. The molecule has 3 heteroatoms. The summed E-state index contributed by atoms with van der Waals surface area (Å²) in [6, 6.07) is 1.15. The van der Waals surface area contributed by atoms with Crippen LogP contribution >= 0.6 is 0 Å². The first-order valence-corrected chi connectivity index (χ1v) is 7.36. The lowest BCUT2D eigenvalue weighted by atomic mass is 9.84. The summed E-state index contributed by atoms with van der Waals surface area (Å²) in [5.41, 5.74) is 0.298. The lowest BCUT2D eigenvalue weighted by Crippen LogP contribution is -2.50. The maximum atomic E-state index is 3.56. The van der Waals surface area contributed by atoms with E-state index in [0.29, 0.717) is 17.5 Å². The molecule has 2 atom stereocenters. The molecule has 0 aromatic carbocycles. The fourth-order valence-corrected chi connectivity index (χ4v) is 2.47. The zero-order valence-electron chi connectivity index (χ0n) is 13.9. The van der Waals surface area contributed by atoms with Crippen molar-refractivity contribution in [2.24, 2.45) is 5.41 Å². The van der Waals surface area contributed by atoms with Crippen LogP contribution in [0.25, 0.3) is 0 Å². The Balaban J connectivity index is 4.50. The quantitative estimate of drug-likeness (QED) is 0.684. The van der Waals surface area contributed by atoms with Gasteiger partial charge in [-0.05, 0) is 46.4 Å². The van der Waals surface area contributed by atoms with Crippen LogP contribution in [0.1, 0.15) is 41.5 Å². The van der Waals surface area contributed by atoms with Gasteiger partial charge in [0, 0.05) is 25.2 Å². The molecule has 2 unspecified atom stereocenters. The fourth-order valence-electron chi connectivity index (χ4n) is 2.47. The van der Waals surface area contributed by atoms with Crippen LogP contribution in [-0.2, 0) is 0 Å². The molecular weight excluding hydrogens is 222 g/mol. The van der Waals surface area contributed by atoms with Crippen molar-refractivity contribution in [3.63, 3.8) is 0 Å². The lowest BCUT2D eigenvalue weighted by molar-refractivity contribution is 0.103. The number of hydrogen-bond donors (Lipinski definition) is 1. The highest BCUT2D eigenvalue weighted by Gasteiger charge is 2.29. The third kappa shape index (κ3) is 6.17. The van der Waals surface area contributed by atoms with Gasteiger partial charge in [0.15, 0.2) is 0 Å². The van der Waals surface area contributed by atoms with Crippen molar-refractivity contribution < 1.29 is 0 Å². The third-order valence-corrected chi connectivity index (χ3v) is 3.95.